The van der Waals surface area contributed by atoms with E-state index in [0.29, 0.717) is 0 Å². The first-order chi connectivity index (χ1) is 11.2. The van der Waals surface area contributed by atoms with Gasteiger partial charge >= 0.3 is 0 Å². The molecule has 0 amide bonds. The molecular weight excluding hydrogens is 279 g/mol. The van der Waals surface area contributed by atoms with Crippen LogP contribution in [0.15, 0.2) is 53.1 Å². The Labute approximate surface area is 140 Å². The zero-order chi connectivity index (χ0) is 15.9. The third-order valence-corrected chi connectivity index (χ3v) is 5.34. The number of allylic oxidation sites excluding steroid dienone is 2. The zero-order valence-electron chi connectivity index (χ0n) is 13.8. The van der Waals surface area contributed by atoms with E-state index in [-0.39, 0.29) is 11.6 Å². The van der Waals surface area contributed by atoms with E-state index in [1.54, 1.807) is 0 Å². The lowest BCUT2D eigenvalue weighted by molar-refractivity contribution is 0.268. The molecule has 0 aromatic heterocycles. The number of nitrogens with zero attached hydrogens (tertiary/aromatic N) is 2. The number of hydrogen-bond acceptors (Lipinski definition) is 2. The Morgan fingerprint density at radius 2 is 2.00 bits per heavy atom. The molecule has 0 saturated heterocycles. The Bertz CT molecular complexity index is 669. The van der Waals surface area contributed by atoms with Crippen LogP contribution in [0.5, 0.6) is 0 Å². The molecule has 2 aliphatic carbocycles. The Hall–Kier alpha value is -1.77. The van der Waals surface area contributed by atoms with E-state index in [1.807, 2.05) is 12.1 Å². The summed E-state index contributed by atoms with van der Waals surface area (Å²) in [4.78, 5) is 7.43. The average Bonchev–Trinajstić information content (AvgIpc) is 3.33. The maximum atomic E-state index is 5.89. The molecule has 2 atom stereocenters. The van der Waals surface area contributed by atoms with Crippen molar-refractivity contribution in [2.24, 2.45) is 10.9 Å². The van der Waals surface area contributed by atoms with Gasteiger partial charge in [0.05, 0.1) is 12.4 Å². The minimum atomic E-state index is -0.206. The second kappa shape index (κ2) is 5.70. The first-order valence-electron chi connectivity index (χ1n) is 8.70. The Morgan fingerprint density at radius 3 is 2.65 bits per heavy atom. The maximum Gasteiger partial charge on any atom is 0.113 e. The monoisotopic (exact) mass is 302 g/mol. The van der Waals surface area contributed by atoms with E-state index in [9.17, 15) is 0 Å². The van der Waals surface area contributed by atoms with Crippen LogP contribution in [-0.4, -0.2) is 31.2 Å². The van der Waals surface area contributed by atoms with Crippen LogP contribution >= 0.6 is 0 Å². The minimum absolute atomic E-state index is 0.206. The van der Waals surface area contributed by atoms with Crippen LogP contribution in [0, 0.1) is 5.92 Å². The fraction of sp³-hybridized carbons (Fsp3) is 0.450. The summed E-state index contributed by atoms with van der Waals surface area (Å²) in [6.07, 6.45) is 14.0. The molecule has 2 unspecified atom stereocenters. The zero-order valence-corrected chi connectivity index (χ0v) is 13.8. The van der Waals surface area contributed by atoms with Crippen LogP contribution in [0.2, 0.25) is 0 Å². The molecule has 2 nitrogen and oxygen atoms in total. The first-order valence-corrected chi connectivity index (χ1v) is 8.70. The van der Waals surface area contributed by atoms with Crippen LogP contribution < -0.4 is 5.46 Å². The predicted molar refractivity (Wildman–Crippen MR) is 97.4 cm³/mol. The fourth-order valence-electron chi connectivity index (χ4n) is 3.82. The van der Waals surface area contributed by atoms with E-state index < -0.39 is 0 Å². The number of aliphatic imine (C=N–C) groups is 1. The Morgan fingerprint density at radius 1 is 1.22 bits per heavy atom. The molecule has 1 heterocycles. The molecule has 3 aliphatic rings. The van der Waals surface area contributed by atoms with Gasteiger partial charge in [0.25, 0.3) is 0 Å². The topological polar surface area (TPSA) is 15.6 Å². The Balaban J connectivity index is 1.71. The first kappa shape index (κ1) is 14.8. The predicted octanol–water partition coefficient (Wildman–Crippen LogP) is 3.31. The van der Waals surface area contributed by atoms with Crippen molar-refractivity contribution in [3.05, 3.63) is 53.6 Å². The Kier molecular flexibility index (Phi) is 3.67. The summed E-state index contributed by atoms with van der Waals surface area (Å²) in [6, 6.07) is 8.61. The lowest BCUT2D eigenvalue weighted by Crippen LogP contribution is -2.38. The molecule has 1 aromatic rings. The standard InChI is InChI=1S/C20H23BN2/c1-20(17-5-3-2-4-6-17)19(16-9-11-18(21)12-10-16)23(14-22-20)13-15-7-8-15/h3,5-6,9-12,14-15,19H,2,4,7-8,13H2,1H3. The van der Waals surface area contributed by atoms with Gasteiger partial charge in [-0.15, -0.1) is 0 Å². The lowest BCUT2D eigenvalue weighted by Gasteiger charge is -2.37. The summed E-state index contributed by atoms with van der Waals surface area (Å²) in [6.45, 7) is 3.39. The van der Waals surface area contributed by atoms with E-state index in [2.05, 4.69) is 48.5 Å². The molecule has 2 radical (unpaired) electrons. The summed E-state index contributed by atoms with van der Waals surface area (Å²) < 4.78 is 0. The van der Waals surface area contributed by atoms with Gasteiger partial charge < -0.3 is 4.90 Å². The second-order valence-electron chi connectivity index (χ2n) is 7.24. The third kappa shape index (κ3) is 2.78. The van der Waals surface area contributed by atoms with Crippen molar-refractivity contribution in [2.75, 3.05) is 6.54 Å². The smallest absolute Gasteiger partial charge is 0.113 e. The number of hydrogen-bond donors (Lipinski definition) is 0. The van der Waals surface area contributed by atoms with Crippen LogP contribution in [-0.2, 0) is 0 Å². The highest BCUT2D eigenvalue weighted by Crippen LogP contribution is 2.45. The molecule has 1 fully saturated rings. The van der Waals surface area contributed by atoms with Crippen LogP contribution in [0.25, 0.3) is 0 Å². The van der Waals surface area contributed by atoms with Crippen molar-refractivity contribution in [1.29, 1.82) is 0 Å². The highest BCUT2D eigenvalue weighted by molar-refractivity contribution is 6.32. The molecule has 1 aliphatic heterocycles. The van der Waals surface area contributed by atoms with Gasteiger partial charge in [0.15, 0.2) is 0 Å². The van der Waals surface area contributed by atoms with Gasteiger partial charge in [0, 0.05) is 6.54 Å². The van der Waals surface area contributed by atoms with Crippen LogP contribution in [0.4, 0.5) is 0 Å². The van der Waals surface area contributed by atoms with Crippen molar-refractivity contribution >= 4 is 19.6 Å². The summed E-state index contributed by atoms with van der Waals surface area (Å²) in [5, 5.41) is 0. The van der Waals surface area contributed by atoms with Crippen molar-refractivity contribution < 1.29 is 0 Å². The number of benzene rings is 1. The summed E-state index contributed by atoms with van der Waals surface area (Å²) in [5.41, 5.74) is 3.27. The molecule has 0 N–H and O–H groups in total. The molecule has 1 saturated carbocycles. The van der Waals surface area contributed by atoms with E-state index in [1.165, 1.54) is 24.0 Å². The van der Waals surface area contributed by atoms with E-state index >= 15 is 0 Å². The largest absolute Gasteiger partial charge is 0.353 e. The molecular formula is C20H23BN2. The number of rotatable bonds is 4. The minimum Gasteiger partial charge on any atom is -0.353 e. The molecule has 23 heavy (non-hydrogen) atoms. The highest BCUT2D eigenvalue weighted by atomic mass is 15.3. The fourth-order valence-corrected chi connectivity index (χ4v) is 3.82. The van der Waals surface area contributed by atoms with Gasteiger partial charge in [-0.25, -0.2) is 0 Å². The molecule has 116 valence electrons. The second-order valence-corrected chi connectivity index (χ2v) is 7.24. The molecule has 3 heteroatoms. The molecule has 1 aromatic carbocycles. The average molecular weight is 302 g/mol. The van der Waals surface area contributed by atoms with Gasteiger partial charge in [-0.1, -0.05) is 48.0 Å². The summed E-state index contributed by atoms with van der Waals surface area (Å²) in [5.74, 6) is 0.843. The third-order valence-electron chi connectivity index (χ3n) is 5.34. The van der Waals surface area contributed by atoms with Gasteiger partial charge in [-0.2, -0.15) is 0 Å². The van der Waals surface area contributed by atoms with E-state index in [0.717, 1.165) is 30.8 Å². The van der Waals surface area contributed by atoms with Crippen molar-refractivity contribution in [3.63, 3.8) is 0 Å². The molecule has 4 rings (SSSR count). The SMILES string of the molecule is [B]c1ccc(C2N(CC3CC3)C=NC2(C)C2=CCCC=C2)cc1. The lowest BCUT2D eigenvalue weighted by atomic mass is 9.78. The summed E-state index contributed by atoms with van der Waals surface area (Å²) in [7, 11) is 5.89. The highest BCUT2D eigenvalue weighted by Gasteiger charge is 2.45. The van der Waals surface area contributed by atoms with Crippen molar-refractivity contribution in [1.82, 2.24) is 4.90 Å². The summed E-state index contributed by atoms with van der Waals surface area (Å²) >= 11 is 0. The van der Waals surface area contributed by atoms with Gasteiger partial charge in [0.1, 0.15) is 13.4 Å². The quantitative estimate of drug-likeness (QED) is 0.779. The van der Waals surface area contributed by atoms with Gasteiger partial charge in [0.2, 0.25) is 0 Å². The molecule has 0 bridgehead atoms. The van der Waals surface area contributed by atoms with Gasteiger partial charge in [-0.3, -0.25) is 4.99 Å². The maximum absolute atomic E-state index is 5.89. The van der Waals surface area contributed by atoms with Crippen LogP contribution in [0.3, 0.4) is 0 Å². The van der Waals surface area contributed by atoms with E-state index in [4.69, 9.17) is 12.8 Å². The van der Waals surface area contributed by atoms with Crippen molar-refractivity contribution in [2.45, 2.75) is 44.2 Å². The normalized spacial score (nSPS) is 29.9. The van der Waals surface area contributed by atoms with Crippen molar-refractivity contribution in [3.8, 4) is 0 Å². The van der Waals surface area contributed by atoms with Gasteiger partial charge in [-0.05, 0) is 49.7 Å². The molecule has 0 spiro atoms. The van der Waals surface area contributed by atoms with Crippen LogP contribution in [0.1, 0.15) is 44.2 Å².